The van der Waals surface area contributed by atoms with Crippen LogP contribution in [0.3, 0.4) is 0 Å². The number of amides is 1. The highest BCUT2D eigenvalue weighted by molar-refractivity contribution is 5.95. The lowest BCUT2D eigenvalue weighted by Crippen LogP contribution is -2.17. The van der Waals surface area contributed by atoms with Gasteiger partial charge < -0.3 is 14.3 Å². The van der Waals surface area contributed by atoms with E-state index in [1.165, 1.54) is 25.5 Å². The first kappa shape index (κ1) is 17.9. The van der Waals surface area contributed by atoms with Crippen molar-refractivity contribution >= 4 is 18.1 Å². The molecule has 1 heterocycles. The summed E-state index contributed by atoms with van der Waals surface area (Å²) in [4.78, 5) is 22.9. The molecule has 7 heteroatoms. The van der Waals surface area contributed by atoms with Crippen LogP contribution in [0.25, 0.3) is 11.3 Å². The molecule has 0 spiro atoms. The van der Waals surface area contributed by atoms with Gasteiger partial charge in [0, 0.05) is 11.1 Å². The molecular formula is C20H16N2O5. The third kappa shape index (κ3) is 4.40. The number of ether oxygens (including phenoxy) is 1. The fourth-order valence-electron chi connectivity index (χ4n) is 2.34. The van der Waals surface area contributed by atoms with Crippen LogP contribution in [0, 0.1) is 0 Å². The van der Waals surface area contributed by atoms with E-state index < -0.39 is 5.97 Å². The van der Waals surface area contributed by atoms with Crippen molar-refractivity contribution in [3.05, 3.63) is 77.6 Å². The Morgan fingerprint density at radius 1 is 1.07 bits per heavy atom. The second-order valence-electron chi connectivity index (χ2n) is 5.52. The van der Waals surface area contributed by atoms with Crippen molar-refractivity contribution in [3.63, 3.8) is 0 Å². The molecule has 1 aromatic heterocycles. The maximum atomic E-state index is 12.1. The summed E-state index contributed by atoms with van der Waals surface area (Å²) < 4.78 is 10.7. The topological polar surface area (TPSA) is 101 Å². The number of carbonyl (C=O) groups is 2. The molecule has 0 aliphatic heterocycles. The Bertz CT molecular complexity index is 990. The number of hydrazone groups is 1. The number of carboxylic acids is 1. The zero-order chi connectivity index (χ0) is 19.2. The molecule has 136 valence electrons. The lowest BCUT2D eigenvalue weighted by atomic mass is 10.1. The Labute approximate surface area is 154 Å². The maximum absolute atomic E-state index is 12.1. The normalized spacial score (nSPS) is 10.7. The number of aromatic carboxylic acids is 1. The van der Waals surface area contributed by atoms with Crippen molar-refractivity contribution in [1.29, 1.82) is 0 Å². The molecule has 0 fully saturated rings. The number of methoxy groups -OCH3 is 1. The standard InChI is InChI=1S/C20H16N2O5/c1-26-16-4-2-3-15(11-16)19(23)22-21-12-17-9-10-18(27-17)13-5-7-14(8-6-13)20(24)25/h2-12H,1H3,(H,22,23)(H,24,25)/b21-12+. The minimum Gasteiger partial charge on any atom is -0.497 e. The summed E-state index contributed by atoms with van der Waals surface area (Å²) in [6, 6.07) is 16.5. The molecular weight excluding hydrogens is 348 g/mol. The van der Waals surface area contributed by atoms with E-state index >= 15 is 0 Å². The number of carbonyl (C=O) groups excluding carboxylic acids is 1. The molecule has 0 aliphatic carbocycles. The Morgan fingerprint density at radius 2 is 1.85 bits per heavy atom. The second-order valence-corrected chi connectivity index (χ2v) is 5.52. The van der Waals surface area contributed by atoms with Crippen LogP contribution in [0.5, 0.6) is 5.75 Å². The molecule has 1 amide bonds. The van der Waals surface area contributed by atoms with E-state index in [9.17, 15) is 9.59 Å². The summed E-state index contributed by atoms with van der Waals surface area (Å²) >= 11 is 0. The summed E-state index contributed by atoms with van der Waals surface area (Å²) in [6.07, 6.45) is 1.38. The minimum absolute atomic E-state index is 0.201. The van der Waals surface area contributed by atoms with E-state index in [2.05, 4.69) is 10.5 Å². The monoisotopic (exact) mass is 364 g/mol. The summed E-state index contributed by atoms with van der Waals surface area (Å²) in [5, 5.41) is 12.8. The van der Waals surface area contributed by atoms with Crippen LogP contribution in [-0.2, 0) is 0 Å². The smallest absolute Gasteiger partial charge is 0.335 e. The van der Waals surface area contributed by atoms with E-state index in [-0.39, 0.29) is 11.5 Å². The zero-order valence-electron chi connectivity index (χ0n) is 14.4. The molecule has 27 heavy (non-hydrogen) atoms. The van der Waals surface area contributed by atoms with Crippen LogP contribution in [0.4, 0.5) is 0 Å². The largest absolute Gasteiger partial charge is 0.497 e. The summed E-state index contributed by atoms with van der Waals surface area (Å²) in [5.74, 6) is 0.226. The van der Waals surface area contributed by atoms with Gasteiger partial charge in [0.25, 0.3) is 5.91 Å². The third-order valence-electron chi connectivity index (χ3n) is 3.73. The van der Waals surface area contributed by atoms with E-state index in [1.807, 2.05) is 0 Å². The molecule has 0 unspecified atom stereocenters. The van der Waals surface area contributed by atoms with E-state index in [4.69, 9.17) is 14.3 Å². The van der Waals surface area contributed by atoms with Gasteiger partial charge in [-0.15, -0.1) is 0 Å². The van der Waals surface area contributed by atoms with Gasteiger partial charge in [0.15, 0.2) is 0 Å². The number of hydrogen-bond acceptors (Lipinski definition) is 5. The fraction of sp³-hybridized carbons (Fsp3) is 0.0500. The van der Waals surface area contributed by atoms with Gasteiger partial charge in [0.2, 0.25) is 0 Å². The van der Waals surface area contributed by atoms with Crippen molar-refractivity contribution in [3.8, 4) is 17.1 Å². The highest BCUT2D eigenvalue weighted by Crippen LogP contribution is 2.22. The molecule has 7 nitrogen and oxygen atoms in total. The zero-order valence-corrected chi connectivity index (χ0v) is 14.4. The fourth-order valence-corrected chi connectivity index (χ4v) is 2.34. The van der Waals surface area contributed by atoms with Crippen LogP contribution in [0.15, 0.2) is 70.2 Å². The first-order valence-electron chi connectivity index (χ1n) is 7.98. The Kier molecular flexibility index (Phi) is 5.32. The molecule has 0 radical (unpaired) electrons. The Morgan fingerprint density at radius 3 is 2.56 bits per heavy atom. The highest BCUT2D eigenvalue weighted by Gasteiger charge is 2.07. The van der Waals surface area contributed by atoms with Crippen LogP contribution in [-0.4, -0.2) is 30.3 Å². The molecule has 0 aliphatic rings. The van der Waals surface area contributed by atoms with E-state index in [0.717, 1.165) is 5.56 Å². The van der Waals surface area contributed by atoms with Gasteiger partial charge in [-0.3, -0.25) is 4.79 Å². The second kappa shape index (κ2) is 8.01. The number of furan rings is 1. The summed E-state index contributed by atoms with van der Waals surface area (Å²) in [5.41, 5.74) is 3.78. The van der Waals surface area contributed by atoms with Crippen LogP contribution in [0.1, 0.15) is 26.5 Å². The van der Waals surface area contributed by atoms with Gasteiger partial charge in [-0.1, -0.05) is 18.2 Å². The molecule has 3 rings (SSSR count). The number of rotatable bonds is 6. The summed E-state index contributed by atoms with van der Waals surface area (Å²) in [7, 11) is 1.53. The van der Waals surface area contributed by atoms with Gasteiger partial charge in [-0.05, 0) is 42.5 Å². The molecule has 0 bridgehead atoms. The maximum Gasteiger partial charge on any atom is 0.335 e. The summed E-state index contributed by atoms with van der Waals surface area (Å²) in [6.45, 7) is 0. The van der Waals surface area contributed by atoms with Gasteiger partial charge in [0.05, 0.1) is 18.9 Å². The highest BCUT2D eigenvalue weighted by atomic mass is 16.5. The van der Waals surface area contributed by atoms with Crippen LogP contribution in [0.2, 0.25) is 0 Å². The van der Waals surface area contributed by atoms with E-state index in [0.29, 0.717) is 22.8 Å². The predicted octanol–water partition coefficient (Wildman–Crippen LogP) is 3.42. The average molecular weight is 364 g/mol. The quantitative estimate of drug-likeness (QED) is 0.515. The molecule has 3 aromatic rings. The van der Waals surface area contributed by atoms with Gasteiger partial charge in [0.1, 0.15) is 17.3 Å². The molecule has 0 saturated heterocycles. The van der Waals surface area contributed by atoms with Gasteiger partial charge >= 0.3 is 5.97 Å². The first-order valence-corrected chi connectivity index (χ1v) is 7.98. The van der Waals surface area contributed by atoms with Crippen molar-refractivity contribution in [2.45, 2.75) is 0 Å². The number of nitrogens with one attached hydrogen (secondary N) is 1. The lowest BCUT2D eigenvalue weighted by molar-refractivity contribution is 0.0696. The number of hydrogen-bond donors (Lipinski definition) is 2. The average Bonchev–Trinajstić information content (AvgIpc) is 3.17. The minimum atomic E-state index is -0.986. The van der Waals surface area contributed by atoms with Gasteiger partial charge in [-0.25, -0.2) is 10.2 Å². The lowest BCUT2D eigenvalue weighted by Gasteiger charge is -2.02. The number of benzene rings is 2. The first-order chi connectivity index (χ1) is 13.1. The van der Waals surface area contributed by atoms with Crippen molar-refractivity contribution in [2.24, 2.45) is 5.10 Å². The SMILES string of the molecule is COc1cccc(C(=O)N/N=C/c2ccc(-c3ccc(C(=O)O)cc3)o2)c1. The van der Waals surface area contributed by atoms with Crippen molar-refractivity contribution in [1.82, 2.24) is 5.43 Å². The number of nitrogens with zero attached hydrogens (tertiary/aromatic N) is 1. The third-order valence-corrected chi connectivity index (χ3v) is 3.73. The van der Waals surface area contributed by atoms with Gasteiger partial charge in [-0.2, -0.15) is 5.10 Å². The van der Waals surface area contributed by atoms with Crippen molar-refractivity contribution in [2.75, 3.05) is 7.11 Å². The molecule has 2 N–H and O–H groups in total. The molecule has 0 atom stereocenters. The Balaban J connectivity index is 1.64. The number of carboxylic acid groups (broad SMARTS) is 1. The molecule has 0 saturated carbocycles. The van der Waals surface area contributed by atoms with Crippen LogP contribution >= 0.6 is 0 Å². The predicted molar refractivity (Wildman–Crippen MR) is 99.2 cm³/mol. The van der Waals surface area contributed by atoms with E-state index in [1.54, 1.807) is 48.5 Å². The molecule has 2 aromatic carbocycles. The Hall–Kier alpha value is -3.87. The van der Waals surface area contributed by atoms with Crippen molar-refractivity contribution < 1.29 is 23.8 Å². The van der Waals surface area contributed by atoms with Crippen LogP contribution < -0.4 is 10.2 Å².